The van der Waals surface area contributed by atoms with Crippen LogP contribution in [0.15, 0.2) is 84.9 Å². The molecule has 2 bridgehead atoms. The summed E-state index contributed by atoms with van der Waals surface area (Å²) in [6, 6.07) is 28.3. The van der Waals surface area contributed by atoms with E-state index in [-0.39, 0.29) is 5.97 Å². The number of hydrogen-bond donors (Lipinski definition) is 0. The van der Waals surface area contributed by atoms with E-state index in [9.17, 15) is 4.79 Å². The normalized spacial score (nSPS) is 13.8. The van der Waals surface area contributed by atoms with Crippen LogP contribution in [-0.4, -0.2) is 12.6 Å². The molecule has 2 aliphatic heterocycles. The standard InChI is InChI=1S/C29H23IN2O2/c1-19-6-5-9-25(29(33)34-24-7-3-2-4-8-24)28(19)20-10-12-26-21(14-20)16-31-18-32(26)17-22-15-23(30)11-13-27(22)31/h2-15H,16-18H2,1H3. The monoisotopic (exact) mass is 558 g/mol. The predicted molar refractivity (Wildman–Crippen MR) is 144 cm³/mol. The largest absolute Gasteiger partial charge is 0.423 e. The van der Waals surface area contributed by atoms with Crippen LogP contribution in [0.25, 0.3) is 11.1 Å². The molecule has 168 valence electrons. The van der Waals surface area contributed by atoms with Gasteiger partial charge in [-0.3, -0.25) is 0 Å². The van der Waals surface area contributed by atoms with Gasteiger partial charge >= 0.3 is 5.97 Å². The van der Waals surface area contributed by atoms with Gasteiger partial charge in [0.15, 0.2) is 0 Å². The van der Waals surface area contributed by atoms with Crippen LogP contribution in [0.2, 0.25) is 0 Å². The Bertz CT molecular complexity index is 1420. The highest BCUT2D eigenvalue weighted by Crippen LogP contribution is 2.40. The molecule has 6 rings (SSSR count). The Morgan fingerprint density at radius 1 is 0.824 bits per heavy atom. The van der Waals surface area contributed by atoms with Crippen molar-refractivity contribution in [2.75, 3.05) is 16.5 Å². The Balaban J connectivity index is 1.37. The highest BCUT2D eigenvalue weighted by atomic mass is 127. The molecular formula is C29H23IN2O2. The van der Waals surface area contributed by atoms with Crippen molar-refractivity contribution in [2.45, 2.75) is 20.0 Å². The fourth-order valence-corrected chi connectivity index (χ4v) is 5.63. The summed E-state index contributed by atoms with van der Waals surface area (Å²) < 4.78 is 6.95. The summed E-state index contributed by atoms with van der Waals surface area (Å²) in [7, 11) is 0. The molecule has 0 spiro atoms. The van der Waals surface area contributed by atoms with Crippen molar-refractivity contribution < 1.29 is 9.53 Å². The van der Waals surface area contributed by atoms with Gasteiger partial charge in [-0.2, -0.15) is 0 Å². The van der Waals surface area contributed by atoms with E-state index in [1.807, 2.05) is 43.3 Å². The third-order valence-corrected chi connectivity index (χ3v) is 7.27. The molecule has 0 atom stereocenters. The summed E-state index contributed by atoms with van der Waals surface area (Å²) in [6.45, 7) is 4.71. The minimum Gasteiger partial charge on any atom is -0.423 e. The van der Waals surface area contributed by atoms with Gasteiger partial charge in [0.2, 0.25) is 0 Å². The summed E-state index contributed by atoms with van der Waals surface area (Å²) in [5.74, 6) is 0.211. The van der Waals surface area contributed by atoms with Crippen molar-refractivity contribution >= 4 is 39.9 Å². The van der Waals surface area contributed by atoms with Gasteiger partial charge in [0.1, 0.15) is 5.75 Å². The third-order valence-electron chi connectivity index (χ3n) is 6.60. The number of fused-ring (bicyclic) bond motifs is 6. The lowest BCUT2D eigenvalue weighted by atomic mass is 9.92. The van der Waals surface area contributed by atoms with Crippen molar-refractivity contribution in [1.29, 1.82) is 0 Å². The van der Waals surface area contributed by atoms with E-state index in [4.69, 9.17) is 4.74 Å². The lowest BCUT2D eigenvalue weighted by Gasteiger charge is -2.45. The molecule has 0 aliphatic carbocycles. The van der Waals surface area contributed by atoms with Crippen LogP contribution in [0, 0.1) is 10.5 Å². The van der Waals surface area contributed by atoms with Gasteiger partial charge in [-0.25, -0.2) is 4.79 Å². The van der Waals surface area contributed by atoms with E-state index in [1.165, 1.54) is 26.1 Å². The molecule has 4 nitrogen and oxygen atoms in total. The van der Waals surface area contributed by atoms with Crippen molar-refractivity contribution in [3.8, 4) is 16.9 Å². The molecule has 0 aromatic heterocycles. The molecule has 4 aromatic carbocycles. The highest BCUT2D eigenvalue weighted by molar-refractivity contribution is 14.1. The van der Waals surface area contributed by atoms with Gasteiger partial charge < -0.3 is 14.5 Å². The zero-order chi connectivity index (χ0) is 23.2. The van der Waals surface area contributed by atoms with Crippen LogP contribution in [-0.2, 0) is 13.1 Å². The number of carbonyl (C=O) groups is 1. The Kier molecular flexibility index (Phi) is 5.29. The Labute approximate surface area is 212 Å². The van der Waals surface area contributed by atoms with Gasteiger partial charge in [0.05, 0.1) is 12.2 Å². The molecule has 0 N–H and O–H groups in total. The number of ether oxygens (including phenoxy) is 1. The SMILES string of the molecule is Cc1cccc(C(=O)Oc2ccccc2)c1-c1ccc2c(c1)CN1CN2Cc2cc(I)ccc21. The number of hydrogen-bond acceptors (Lipinski definition) is 4. The first-order chi connectivity index (χ1) is 16.6. The molecule has 0 saturated carbocycles. The molecule has 0 saturated heterocycles. The van der Waals surface area contributed by atoms with Crippen molar-refractivity contribution in [1.82, 2.24) is 0 Å². The van der Waals surface area contributed by atoms with E-state index in [0.717, 1.165) is 36.4 Å². The number of rotatable bonds is 3. The second-order valence-electron chi connectivity index (χ2n) is 8.85. The molecule has 0 unspecified atom stereocenters. The first-order valence-electron chi connectivity index (χ1n) is 11.4. The predicted octanol–water partition coefficient (Wildman–Crippen LogP) is 6.78. The number of aryl methyl sites for hydroxylation is 1. The van der Waals surface area contributed by atoms with Crippen molar-refractivity contribution in [2.24, 2.45) is 0 Å². The van der Waals surface area contributed by atoms with Crippen LogP contribution >= 0.6 is 22.6 Å². The molecule has 4 aromatic rings. The van der Waals surface area contributed by atoms with Crippen LogP contribution < -0.4 is 14.5 Å². The topological polar surface area (TPSA) is 32.8 Å². The molecule has 2 aliphatic rings. The molecule has 0 radical (unpaired) electrons. The van der Waals surface area contributed by atoms with Crippen LogP contribution in [0.3, 0.4) is 0 Å². The maximum atomic E-state index is 13.1. The average molecular weight is 558 g/mol. The van der Waals surface area contributed by atoms with Crippen LogP contribution in [0.5, 0.6) is 5.75 Å². The second-order valence-corrected chi connectivity index (χ2v) is 10.1. The second kappa shape index (κ2) is 8.47. The van der Waals surface area contributed by atoms with E-state index in [2.05, 4.69) is 68.8 Å². The summed E-state index contributed by atoms with van der Waals surface area (Å²) >= 11 is 2.38. The fraction of sp³-hybridized carbons (Fsp3) is 0.138. The number of nitrogens with zero attached hydrogens (tertiary/aromatic N) is 2. The quantitative estimate of drug-likeness (QED) is 0.158. The highest BCUT2D eigenvalue weighted by Gasteiger charge is 2.30. The van der Waals surface area contributed by atoms with Crippen LogP contribution in [0.1, 0.15) is 27.0 Å². The fourth-order valence-electron chi connectivity index (χ4n) is 5.08. The number of benzene rings is 4. The molecular weight excluding hydrogens is 535 g/mol. The van der Waals surface area contributed by atoms with Gasteiger partial charge in [-0.1, -0.05) is 36.4 Å². The number of halogens is 1. The Morgan fingerprint density at radius 2 is 1.53 bits per heavy atom. The minimum atomic E-state index is -0.337. The number of carbonyl (C=O) groups excluding carboxylic acids is 1. The number of esters is 1. The van der Waals surface area contributed by atoms with E-state index < -0.39 is 0 Å². The zero-order valence-corrected chi connectivity index (χ0v) is 21.0. The van der Waals surface area contributed by atoms with E-state index in [1.54, 1.807) is 12.1 Å². The summed E-state index contributed by atoms with van der Waals surface area (Å²) in [5.41, 5.74) is 8.85. The number of anilines is 2. The van der Waals surface area contributed by atoms with E-state index in [0.29, 0.717) is 11.3 Å². The minimum absolute atomic E-state index is 0.337. The van der Waals surface area contributed by atoms with Crippen LogP contribution in [0.4, 0.5) is 11.4 Å². The third kappa shape index (κ3) is 3.74. The first-order valence-corrected chi connectivity index (χ1v) is 12.4. The lowest BCUT2D eigenvalue weighted by Crippen LogP contribution is -2.46. The number of para-hydroxylation sites is 1. The van der Waals surface area contributed by atoms with Gasteiger partial charge in [-0.15, -0.1) is 0 Å². The Hall–Kier alpha value is -3.32. The molecule has 5 heteroatoms. The van der Waals surface area contributed by atoms with Crippen molar-refractivity contribution in [3.05, 3.63) is 111 Å². The summed E-state index contributed by atoms with van der Waals surface area (Å²) in [4.78, 5) is 18.0. The zero-order valence-electron chi connectivity index (χ0n) is 18.8. The van der Waals surface area contributed by atoms with Gasteiger partial charge in [0, 0.05) is 28.0 Å². The summed E-state index contributed by atoms with van der Waals surface area (Å²) in [6.07, 6.45) is 0. The van der Waals surface area contributed by atoms with Crippen molar-refractivity contribution in [3.63, 3.8) is 0 Å². The first kappa shape index (κ1) is 21.2. The lowest BCUT2D eigenvalue weighted by molar-refractivity contribution is 0.0735. The van der Waals surface area contributed by atoms with E-state index >= 15 is 0 Å². The maximum Gasteiger partial charge on any atom is 0.344 e. The molecule has 2 heterocycles. The molecule has 0 fully saturated rings. The molecule has 34 heavy (non-hydrogen) atoms. The summed E-state index contributed by atoms with van der Waals surface area (Å²) in [5, 5.41) is 0. The maximum absolute atomic E-state index is 13.1. The smallest absolute Gasteiger partial charge is 0.344 e. The van der Waals surface area contributed by atoms with Gasteiger partial charge in [-0.05, 0) is 106 Å². The average Bonchev–Trinajstić information content (AvgIpc) is 2.84. The Morgan fingerprint density at radius 3 is 2.29 bits per heavy atom. The molecule has 0 amide bonds. The van der Waals surface area contributed by atoms with Gasteiger partial charge in [0.25, 0.3) is 0 Å².